The third kappa shape index (κ3) is 3.19. The molecule has 2 aromatic rings. The topological polar surface area (TPSA) is 25.2 Å². The molecule has 19 heavy (non-hydrogen) atoms. The minimum Gasteiger partial charge on any atom is -0.460 e. The lowest BCUT2D eigenvalue weighted by Crippen LogP contribution is -2.26. The van der Waals surface area contributed by atoms with Gasteiger partial charge in [0.05, 0.1) is 6.54 Å². The van der Waals surface area contributed by atoms with E-state index in [2.05, 4.69) is 30.4 Å². The van der Waals surface area contributed by atoms with Gasteiger partial charge in [-0.2, -0.15) is 0 Å². The van der Waals surface area contributed by atoms with Crippen molar-refractivity contribution >= 4 is 11.0 Å². The summed E-state index contributed by atoms with van der Waals surface area (Å²) in [5, 5.41) is 4.76. The van der Waals surface area contributed by atoms with E-state index in [0.717, 1.165) is 36.3 Å². The molecular weight excluding hydrogens is 234 g/mol. The van der Waals surface area contributed by atoms with Crippen molar-refractivity contribution in [2.45, 2.75) is 39.2 Å². The van der Waals surface area contributed by atoms with Crippen LogP contribution in [0, 0.1) is 11.8 Å². The quantitative estimate of drug-likeness (QED) is 0.881. The molecule has 0 radical (unpaired) electrons. The van der Waals surface area contributed by atoms with Crippen molar-refractivity contribution in [2.24, 2.45) is 11.8 Å². The summed E-state index contributed by atoms with van der Waals surface area (Å²) >= 11 is 0. The van der Waals surface area contributed by atoms with Gasteiger partial charge in [0.15, 0.2) is 0 Å². The monoisotopic (exact) mass is 257 g/mol. The van der Waals surface area contributed by atoms with E-state index in [-0.39, 0.29) is 0 Å². The van der Waals surface area contributed by atoms with E-state index in [1.807, 2.05) is 12.1 Å². The van der Waals surface area contributed by atoms with Gasteiger partial charge in [-0.1, -0.05) is 38.0 Å². The Hall–Kier alpha value is -1.28. The van der Waals surface area contributed by atoms with Crippen molar-refractivity contribution in [2.75, 3.05) is 6.54 Å². The van der Waals surface area contributed by atoms with Crippen LogP contribution in [-0.2, 0) is 6.54 Å². The van der Waals surface area contributed by atoms with Gasteiger partial charge >= 0.3 is 0 Å². The molecule has 2 heteroatoms. The molecule has 1 heterocycles. The van der Waals surface area contributed by atoms with Crippen LogP contribution in [0.25, 0.3) is 11.0 Å². The molecule has 0 bridgehead atoms. The number of fused-ring (bicyclic) bond motifs is 1. The number of hydrogen-bond acceptors (Lipinski definition) is 2. The number of benzene rings is 1. The van der Waals surface area contributed by atoms with Crippen molar-refractivity contribution in [3.63, 3.8) is 0 Å². The number of furan rings is 1. The summed E-state index contributed by atoms with van der Waals surface area (Å²) in [6.45, 7) is 4.35. The van der Waals surface area contributed by atoms with Crippen LogP contribution in [0.1, 0.15) is 38.4 Å². The predicted molar refractivity (Wildman–Crippen MR) is 79.0 cm³/mol. The van der Waals surface area contributed by atoms with Crippen LogP contribution in [0.15, 0.2) is 34.7 Å². The van der Waals surface area contributed by atoms with Gasteiger partial charge in [-0.25, -0.2) is 0 Å². The molecule has 1 fully saturated rings. The SMILES string of the molecule is CC1CCCC(CNCc2cc3ccccc3o2)C1. The van der Waals surface area contributed by atoms with E-state index < -0.39 is 0 Å². The van der Waals surface area contributed by atoms with Crippen molar-refractivity contribution in [3.05, 3.63) is 36.1 Å². The molecular formula is C17H23NO. The first-order chi connectivity index (χ1) is 9.31. The normalized spacial score (nSPS) is 23.8. The van der Waals surface area contributed by atoms with E-state index >= 15 is 0 Å². The number of hydrogen-bond donors (Lipinski definition) is 1. The molecule has 0 spiro atoms. The van der Waals surface area contributed by atoms with Crippen LogP contribution in [0.4, 0.5) is 0 Å². The zero-order chi connectivity index (χ0) is 13.1. The second-order valence-electron chi connectivity index (χ2n) is 6.02. The van der Waals surface area contributed by atoms with E-state index in [1.54, 1.807) is 0 Å². The number of rotatable bonds is 4. The molecule has 1 aromatic heterocycles. The average molecular weight is 257 g/mol. The van der Waals surface area contributed by atoms with Crippen LogP contribution >= 0.6 is 0 Å². The zero-order valence-electron chi connectivity index (χ0n) is 11.7. The summed E-state index contributed by atoms with van der Waals surface area (Å²) in [5.41, 5.74) is 0.991. The zero-order valence-corrected chi connectivity index (χ0v) is 11.7. The van der Waals surface area contributed by atoms with Crippen molar-refractivity contribution < 1.29 is 4.42 Å². The average Bonchev–Trinajstić information content (AvgIpc) is 2.81. The molecule has 1 aliphatic rings. The minimum absolute atomic E-state index is 0.847. The maximum Gasteiger partial charge on any atom is 0.134 e. The molecule has 1 N–H and O–H groups in total. The van der Waals surface area contributed by atoms with Gasteiger partial charge in [-0.05, 0) is 43.4 Å². The molecule has 1 saturated carbocycles. The first-order valence-electron chi connectivity index (χ1n) is 7.49. The Kier molecular flexibility index (Phi) is 3.88. The highest BCUT2D eigenvalue weighted by Crippen LogP contribution is 2.28. The highest BCUT2D eigenvalue weighted by atomic mass is 16.3. The minimum atomic E-state index is 0.847. The van der Waals surface area contributed by atoms with Crippen molar-refractivity contribution in [1.29, 1.82) is 0 Å². The molecule has 0 aliphatic heterocycles. The number of para-hydroxylation sites is 1. The summed E-state index contributed by atoms with van der Waals surface area (Å²) in [5.74, 6) is 2.81. The highest BCUT2D eigenvalue weighted by molar-refractivity contribution is 5.77. The van der Waals surface area contributed by atoms with Crippen molar-refractivity contribution in [3.8, 4) is 0 Å². The fraction of sp³-hybridized carbons (Fsp3) is 0.529. The fourth-order valence-electron chi connectivity index (χ4n) is 3.27. The lowest BCUT2D eigenvalue weighted by molar-refractivity contribution is 0.272. The number of nitrogens with one attached hydrogen (secondary N) is 1. The first kappa shape index (κ1) is 12.7. The smallest absolute Gasteiger partial charge is 0.134 e. The molecule has 1 aliphatic carbocycles. The summed E-state index contributed by atoms with van der Waals surface area (Å²) in [6, 6.07) is 10.4. The molecule has 102 valence electrons. The molecule has 2 nitrogen and oxygen atoms in total. The Morgan fingerprint density at radius 2 is 2.16 bits per heavy atom. The Bertz CT molecular complexity index is 498. The fourth-order valence-corrected chi connectivity index (χ4v) is 3.27. The van der Waals surface area contributed by atoms with E-state index in [4.69, 9.17) is 4.42 Å². The largest absolute Gasteiger partial charge is 0.460 e. The Balaban J connectivity index is 1.51. The van der Waals surface area contributed by atoms with Crippen LogP contribution in [-0.4, -0.2) is 6.54 Å². The summed E-state index contributed by atoms with van der Waals surface area (Å²) < 4.78 is 5.82. The van der Waals surface area contributed by atoms with Crippen LogP contribution < -0.4 is 5.32 Å². The van der Waals surface area contributed by atoms with E-state index in [9.17, 15) is 0 Å². The lowest BCUT2D eigenvalue weighted by atomic mass is 9.82. The van der Waals surface area contributed by atoms with E-state index in [0.29, 0.717) is 0 Å². The van der Waals surface area contributed by atoms with Gasteiger partial charge < -0.3 is 9.73 Å². The third-order valence-corrected chi connectivity index (χ3v) is 4.25. The third-order valence-electron chi connectivity index (χ3n) is 4.25. The maximum atomic E-state index is 5.82. The molecule has 0 amide bonds. The second kappa shape index (κ2) is 5.79. The predicted octanol–water partition coefficient (Wildman–Crippen LogP) is 4.35. The van der Waals surface area contributed by atoms with Gasteiger partial charge in [0.2, 0.25) is 0 Å². The lowest BCUT2D eigenvalue weighted by Gasteiger charge is -2.26. The molecule has 2 atom stereocenters. The van der Waals surface area contributed by atoms with Crippen LogP contribution in [0.2, 0.25) is 0 Å². The first-order valence-corrected chi connectivity index (χ1v) is 7.49. The van der Waals surface area contributed by atoms with Gasteiger partial charge in [-0.15, -0.1) is 0 Å². The van der Waals surface area contributed by atoms with Crippen LogP contribution in [0.5, 0.6) is 0 Å². The molecule has 1 aromatic carbocycles. The highest BCUT2D eigenvalue weighted by Gasteiger charge is 2.18. The standard InChI is InChI=1S/C17H23NO/c1-13-5-4-6-14(9-13)11-18-12-16-10-15-7-2-3-8-17(15)19-16/h2-3,7-8,10,13-14,18H,4-6,9,11-12H2,1H3. The summed E-state index contributed by atoms with van der Waals surface area (Å²) in [4.78, 5) is 0. The molecule has 3 rings (SSSR count). The van der Waals surface area contributed by atoms with Crippen molar-refractivity contribution in [1.82, 2.24) is 5.32 Å². The second-order valence-corrected chi connectivity index (χ2v) is 6.02. The summed E-state index contributed by atoms with van der Waals surface area (Å²) in [7, 11) is 0. The Morgan fingerprint density at radius 3 is 3.00 bits per heavy atom. The Morgan fingerprint density at radius 1 is 1.26 bits per heavy atom. The Labute approximate surface area is 115 Å². The van der Waals surface area contributed by atoms with Gasteiger partial charge in [-0.3, -0.25) is 0 Å². The van der Waals surface area contributed by atoms with Crippen LogP contribution in [0.3, 0.4) is 0 Å². The van der Waals surface area contributed by atoms with Gasteiger partial charge in [0, 0.05) is 5.39 Å². The summed E-state index contributed by atoms with van der Waals surface area (Å²) in [6.07, 6.45) is 5.59. The molecule has 2 unspecified atom stereocenters. The van der Waals surface area contributed by atoms with E-state index in [1.165, 1.54) is 31.1 Å². The molecule has 0 saturated heterocycles. The maximum absolute atomic E-state index is 5.82. The van der Waals surface area contributed by atoms with Gasteiger partial charge in [0.1, 0.15) is 11.3 Å². The van der Waals surface area contributed by atoms with Gasteiger partial charge in [0.25, 0.3) is 0 Å².